The number of benzene rings is 4. The van der Waals surface area contributed by atoms with Crippen LogP contribution in [0.3, 0.4) is 0 Å². The van der Waals surface area contributed by atoms with Crippen molar-refractivity contribution in [1.29, 1.82) is 0 Å². The number of para-hydroxylation sites is 2. The van der Waals surface area contributed by atoms with E-state index >= 15 is 0 Å². The summed E-state index contributed by atoms with van der Waals surface area (Å²) in [6.45, 7) is 0. The third kappa shape index (κ3) is 3.10. The number of nitrogens with zero attached hydrogens (tertiary/aromatic N) is 4. The van der Waals surface area contributed by atoms with Gasteiger partial charge in [-0.05, 0) is 72.5 Å². The van der Waals surface area contributed by atoms with E-state index in [2.05, 4.69) is 117 Å². The molecule has 4 heteroatoms. The fourth-order valence-corrected chi connectivity index (χ4v) is 5.97. The van der Waals surface area contributed by atoms with Crippen molar-refractivity contribution < 1.29 is 0 Å². The topological polar surface area (TPSA) is 35.1 Å². The Labute approximate surface area is 220 Å². The minimum atomic E-state index is 0.982. The average molecular weight is 489 g/mol. The van der Waals surface area contributed by atoms with E-state index in [9.17, 15) is 0 Å². The van der Waals surface area contributed by atoms with Gasteiger partial charge in [-0.15, -0.1) is 0 Å². The Morgan fingerprint density at radius 2 is 1.16 bits per heavy atom. The molecule has 0 radical (unpaired) electrons. The van der Waals surface area contributed by atoms with Crippen molar-refractivity contribution in [1.82, 2.24) is 14.1 Å². The number of rotatable bonds is 3. The van der Waals surface area contributed by atoms with Gasteiger partial charge in [0.2, 0.25) is 0 Å². The van der Waals surface area contributed by atoms with E-state index in [4.69, 9.17) is 4.99 Å². The summed E-state index contributed by atoms with van der Waals surface area (Å²) in [4.78, 5) is 9.41. The van der Waals surface area contributed by atoms with Gasteiger partial charge in [0.15, 0.2) is 0 Å². The Bertz CT molecular complexity index is 1950. The minimum absolute atomic E-state index is 0.982. The lowest BCUT2D eigenvalue weighted by atomic mass is 10.0. The highest BCUT2D eigenvalue weighted by Crippen LogP contribution is 2.38. The van der Waals surface area contributed by atoms with Gasteiger partial charge in [0.25, 0.3) is 0 Å². The van der Waals surface area contributed by atoms with Crippen molar-refractivity contribution in [2.75, 3.05) is 0 Å². The molecule has 7 aromatic rings. The van der Waals surface area contributed by atoms with Crippen molar-refractivity contribution in [3.05, 3.63) is 121 Å². The molecule has 0 atom stereocenters. The highest BCUT2D eigenvalue weighted by atomic mass is 15.0. The molecular formula is C34H24N4. The molecule has 1 aliphatic rings. The molecule has 0 aliphatic carbocycles. The molecule has 0 saturated heterocycles. The van der Waals surface area contributed by atoms with E-state index in [-0.39, 0.29) is 0 Å². The van der Waals surface area contributed by atoms with Crippen molar-refractivity contribution >= 4 is 44.7 Å². The molecule has 0 N–H and O–H groups in total. The zero-order valence-corrected chi connectivity index (χ0v) is 20.8. The Hall–Kier alpha value is -4.96. The van der Waals surface area contributed by atoms with Crippen molar-refractivity contribution in [2.24, 2.45) is 4.99 Å². The molecule has 8 rings (SSSR count). The first kappa shape index (κ1) is 21.2. The standard InChI is InChI=1S/C34H24N4/c1-3-9-29-27(7-1)33-31(11-5-21-35-33)37(29)25-17-13-23(14-18-25)24-15-19-26(20-16-24)38-30-10-4-2-8-28(30)34-32(38)12-6-22-36-34/h1-5,7-11,13-22H,6,12H2. The normalized spacial score (nSPS) is 12.9. The van der Waals surface area contributed by atoms with E-state index in [0.29, 0.717) is 0 Å². The van der Waals surface area contributed by atoms with Gasteiger partial charge in [-0.1, -0.05) is 60.7 Å². The molecule has 0 bridgehead atoms. The quantitative estimate of drug-likeness (QED) is 0.246. The summed E-state index contributed by atoms with van der Waals surface area (Å²) in [5.41, 5.74) is 11.7. The molecule has 3 aromatic heterocycles. The first-order valence-corrected chi connectivity index (χ1v) is 13.1. The van der Waals surface area contributed by atoms with E-state index < -0.39 is 0 Å². The fourth-order valence-electron chi connectivity index (χ4n) is 5.97. The smallest absolute Gasteiger partial charge is 0.0963 e. The maximum Gasteiger partial charge on any atom is 0.0963 e. The molecule has 0 fully saturated rings. The zero-order valence-electron chi connectivity index (χ0n) is 20.8. The zero-order chi connectivity index (χ0) is 25.1. The summed E-state index contributed by atoms with van der Waals surface area (Å²) in [5.74, 6) is 0. The summed E-state index contributed by atoms with van der Waals surface area (Å²) < 4.78 is 4.68. The molecule has 0 amide bonds. The second-order valence-corrected chi connectivity index (χ2v) is 9.82. The predicted octanol–water partition coefficient (Wildman–Crippen LogP) is 8.44. The van der Waals surface area contributed by atoms with Crippen LogP contribution in [0.15, 0.2) is 120 Å². The molecule has 38 heavy (non-hydrogen) atoms. The summed E-state index contributed by atoms with van der Waals surface area (Å²) in [6, 6.07) is 38.9. The number of hydrogen-bond donors (Lipinski definition) is 0. The van der Waals surface area contributed by atoms with Crippen LogP contribution in [0, 0.1) is 0 Å². The lowest BCUT2D eigenvalue weighted by molar-refractivity contribution is 0.913. The van der Waals surface area contributed by atoms with Crippen molar-refractivity contribution in [3.8, 4) is 22.5 Å². The number of aliphatic imine (C=N–C) groups is 1. The summed E-state index contributed by atoms with van der Waals surface area (Å²) >= 11 is 0. The Morgan fingerprint density at radius 3 is 1.89 bits per heavy atom. The van der Waals surface area contributed by atoms with Gasteiger partial charge >= 0.3 is 0 Å². The van der Waals surface area contributed by atoms with Crippen LogP contribution in [0.2, 0.25) is 0 Å². The van der Waals surface area contributed by atoms with E-state index in [1.807, 2.05) is 18.5 Å². The molecule has 0 spiro atoms. The SMILES string of the molecule is C1=Nc2c(n(-c3ccc(-c4ccc(-n5c6ccccc6c6ncccc65)cc4)cc3)c3ccccc23)CC1. The van der Waals surface area contributed by atoms with Crippen LogP contribution in [0.25, 0.3) is 55.3 Å². The lowest BCUT2D eigenvalue weighted by Gasteiger charge is -2.14. The van der Waals surface area contributed by atoms with Gasteiger partial charge in [-0.3, -0.25) is 9.98 Å². The Morgan fingerprint density at radius 1 is 0.553 bits per heavy atom. The van der Waals surface area contributed by atoms with E-state index in [0.717, 1.165) is 35.2 Å². The summed E-state index contributed by atoms with van der Waals surface area (Å²) in [7, 11) is 0. The molecule has 1 aliphatic heterocycles. The van der Waals surface area contributed by atoms with Crippen LogP contribution in [-0.2, 0) is 6.42 Å². The molecule has 4 aromatic carbocycles. The second-order valence-electron chi connectivity index (χ2n) is 9.82. The highest BCUT2D eigenvalue weighted by Gasteiger charge is 2.19. The van der Waals surface area contributed by atoms with Crippen LogP contribution in [0.4, 0.5) is 5.69 Å². The molecular weight excluding hydrogens is 464 g/mol. The molecule has 4 heterocycles. The van der Waals surface area contributed by atoms with E-state index in [1.165, 1.54) is 44.3 Å². The molecule has 180 valence electrons. The number of fused-ring (bicyclic) bond motifs is 6. The van der Waals surface area contributed by atoms with Gasteiger partial charge < -0.3 is 9.13 Å². The van der Waals surface area contributed by atoms with Gasteiger partial charge in [0, 0.05) is 40.3 Å². The summed E-state index contributed by atoms with van der Waals surface area (Å²) in [5, 5.41) is 2.39. The maximum absolute atomic E-state index is 4.75. The average Bonchev–Trinajstić information content (AvgIpc) is 3.51. The Balaban J connectivity index is 1.18. The van der Waals surface area contributed by atoms with Gasteiger partial charge in [0.05, 0.1) is 27.8 Å². The third-order valence-corrected chi connectivity index (χ3v) is 7.69. The highest BCUT2D eigenvalue weighted by molar-refractivity contribution is 6.07. The maximum atomic E-state index is 4.75. The lowest BCUT2D eigenvalue weighted by Crippen LogP contribution is -2.02. The molecule has 0 unspecified atom stereocenters. The largest absolute Gasteiger partial charge is 0.311 e. The molecule has 4 nitrogen and oxygen atoms in total. The Kier molecular flexibility index (Phi) is 4.61. The first-order chi connectivity index (χ1) is 18.9. The first-order valence-electron chi connectivity index (χ1n) is 13.1. The monoisotopic (exact) mass is 488 g/mol. The van der Waals surface area contributed by atoms with Gasteiger partial charge in [-0.2, -0.15) is 0 Å². The van der Waals surface area contributed by atoms with Crippen LogP contribution >= 0.6 is 0 Å². The van der Waals surface area contributed by atoms with Gasteiger partial charge in [0.1, 0.15) is 0 Å². The van der Waals surface area contributed by atoms with Crippen LogP contribution in [0.1, 0.15) is 12.1 Å². The third-order valence-electron chi connectivity index (χ3n) is 7.69. The van der Waals surface area contributed by atoms with Crippen molar-refractivity contribution in [2.45, 2.75) is 12.8 Å². The van der Waals surface area contributed by atoms with Crippen molar-refractivity contribution in [3.63, 3.8) is 0 Å². The van der Waals surface area contributed by atoms with Gasteiger partial charge in [-0.25, -0.2) is 0 Å². The number of pyridine rings is 1. The van der Waals surface area contributed by atoms with Crippen LogP contribution in [0.5, 0.6) is 0 Å². The molecule has 0 saturated carbocycles. The predicted molar refractivity (Wildman–Crippen MR) is 157 cm³/mol. The van der Waals surface area contributed by atoms with E-state index in [1.54, 1.807) is 0 Å². The van der Waals surface area contributed by atoms with Crippen LogP contribution < -0.4 is 0 Å². The van der Waals surface area contributed by atoms with Crippen LogP contribution in [-0.4, -0.2) is 20.3 Å². The number of hydrogen-bond acceptors (Lipinski definition) is 2. The minimum Gasteiger partial charge on any atom is -0.311 e. The fraction of sp³-hybridized carbons (Fsp3) is 0.0588. The second kappa shape index (κ2) is 8.29. The summed E-state index contributed by atoms with van der Waals surface area (Å²) in [6.07, 6.45) is 5.90. The number of aromatic nitrogens is 3.